The van der Waals surface area contributed by atoms with Crippen molar-refractivity contribution in [3.05, 3.63) is 66.5 Å². The lowest BCUT2D eigenvalue weighted by molar-refractivity contribution is -0.128. The fourth-order valence-electron chi connectivity index (χ4n) is 3.63. The topological polar surface area (TPSA) is 80.2 Å². The summed E-state index contributed by atoms with van der Waals surface area (Å²) in [6.45, 7) is 0.241. The molecule has 0 unspecified atom stereocenters. The highest BCUT2D eigenvalue weighted by Crippen LogP contribution is 2.37. The predicted octanol–water partition coefficient (Wildman–Crippen LogP) is 4.93. The van der Waals surface area contributed by atoms with Crippen LogP contribution < -0.4 is 10.1 Å². The molecule has 1 N–H and O–H groups in total. The maximum absolute atomic E-state index is 14.6. The number of carbonyl (C=O) groups is 1. The van der Waals surface area contributed by atoms with Gasteiger partial charge < -0.3 is 15.0 Å². The maximum Gasteiger partial charge on any atom is 0.222 e. The van der Waals surface area contributed by atoms with Crippen LogP contribution in [0, 0.1) is 11.6 Å². The van der Waals surface area contributed by atoms with Crippen LogP contribution in [0.4, 0.5) is 14.6 Å². The van der Waals surface area contributed by atoms with Crippen molar-refractivity contribution in [2.75, 3.05) is 33.1 Å². The molecule has 0 aliphatic heterocycles. The van der Waals surface area contributed by atoms with Crippen molar-refractivity contribution in [2.45, 2.75) is 12.8 Å². The standard InChI is InChI=1S/C26H25F2N5O2/c1-29-26-20-12-17(19-14-18(27)8-9-21(19)28)13-22(35-11-5-7-23(34)33(2)3)24(20)31-25(32-26)16-6-4-10-30-15-16/h4,6,8-10,12-15H,5,7,11H2,1-3H3,(H,29,31,32). The van der Waals surface area contributed by atoms with E-state index in [0.29, 0.717) is 52.3 Å². The summed E-state index contributed by atoms with van der Waals surface area (Å²) in [5.74, 6) is 0.193. The number of halogens is 2. The van der Waals surface area contributed by atoms with E-state index in [1.807, 2.05) is 6.07 Å². The highest BCUT2D eigenvalue weighted by molar-refractivity contribution is 5.97. The molecule has 0 atom stereocenters. The average molecular weight is 478 g/mol. The highest BCUT2D eigenvalue weighted by Gasteiger charge is 2.17. The normalized spacial score (nSPS) is 10.9. The Morgan fingerprint density at radius 2 is 1.91 bits per heavy atom. The molecule has 1 amide bonds. The number of anilines is 1. The molecule has 0 aliphatic rings. The smallest absolute Gasteiger partial charge is 0.222 e. The second kappa shape index (κ2) is 10.4. The van der Waals surface area contributed by atoms with Gasteiger partial charge in [0.1, 0.15) is 28.7 Å². The minimum atomic E-state index is -0.563. The number of ether oxygens (including phenoxy) is 1. The van der Waals surface area contributed by atoms with E-state index < -0.39 is 11.6 Å². The van der Waals surface area contributed by atoms with Gasteiger partial charge in [0.25, 0.3) is 0 Å². The van der Waals surface area contributed by atoms with Gasteiger partial charge in [-0.1, -0.05) is 0 Å². The van der Waals surface area contributed by atoms with Gasteiger partial charge in [0, 0.05) is 56.5 Å². The Bertz CT molecular complexity index is 1360. The first-order valence-electron chi connectivity index (χ1n) is 11.1. The van der Waals surface area contributed by atoms with E-state index in [2.05, 4.69) is 15.3 Å². The number of pyridine rings is 1. The first-order chi connectivity index (χ1) is 16.9. The van der Waals surface area contributed by atoms with Crippen LogP contribution in [0.25, 0.3) is 33.4 Å². The van der Waals surface area contributed by atoms with Crippen molar-refractivity contribution >= 4 is 22.6 Å². The summed E-state index contributed by atoms with van der Waals surface area (Å²) in [5, 5.41) is 3.65. The number of aromatic nitrogens is 3. The summed E-state index contributed by atoms with van der Waals surface area (Å²) in [4.78, 5) is 26.9. The van der Waals surface area contributed by atoms with E-state index in [-0.39, 0.29) is 18.1 Å². The average Bonchev–Trinajstić information content (AvgIpc) is 2.87. The Labute approximate surface area is 201 Å². The molecule has 4 rings (SSSR count). The second-order valence-electron chi connectivity index (χ2n) is 8.12. The van der Waals surface area contributed by atoms with Crippen LogP contribution in [0.5, 0.6) is 5.75 Å². The zero-order chi connectivity index (χ0) is 24.9. The zero-order valence-electron chi connectivity index (χ0n) is 19.7. The molecule has 2 aromatic heterocycles. The van der Waals surface area contributed by atoms with Gasteiger partial charge in [-0.05, 0) is 54.4 Å². The molecule has 0 spiro atoms. The fraction of sp³-hybridized carbons (Fsp3) is 0.231. The first-order valence-corrected chi connectivity index (χ1v) is 11.1. The van der Waals surface area contributed by atoms with E-state index >= 15 is 0 Å². The molecular weight excluding hydrogens is 452 g/mol. The van der Waals surface area contributed by atoms with Crippen LogP contribution >= 0.6 is 0 Å². The summed E-state index contributed by atoms with van der Waals surface area (Å²) < 4.78 is 34.6. The largest absolute Gasteiger partial charge is 0.491 e. The van der Waals surface area contributed by atoms with Crippen molar-refractivity contribution in [1.82, 2.24) is 19.9 Å². The molecule has 0 radical (unpaired) electrons. The lowest BCUT2D eigenvalue weighted by atomic mass is 10.0. The third-order valence-electron chi connectivity index (χ3n) is 5.45. The molecule has 4 aromatic rings. The number of nitrogens with zero attached hydrogens (tertiary/aromatic N) is 4. The summed E-state index contributed by atoms with van der Waals surface area (Å²) >= 11 is 0. The second-order valence-corrected chi connectivity index (χ2v) is 8.12. The maximum atomic E-state index is 14.6. The summed E-state index contributed by atoms with van der Waals surface area (Å²) in [5.41, 5.74) is 1.73. The summed E-state index contributed by atoms with van der Waals surface area (Å²) in [6.07, 6.45) is 4.12. The van der Waals surface area contributed by atoms with E-state index in [9.17, 15) is 13.6 Å². The van der Waals surface area contributed by atoms with Crippen molar-refractivity contribution in [3.63, 3.8) is 0 Å². The number of hydrogen-bond donors (Lipinski definition) is 1. The van der Waals surface area contributed by atoms with Crippen LogP contribution in [-0.2, 0) is 4.79 Å². The molecule has 2 heterocycles. The van der Waals surface area contributed by atoms with Gasteiger partial charge in [0.15, 0.2) is 5.82 Å². The molecule has 0 saturated carbocycles. The van der Waals surface area contributed by atoms with Crippen molar-refractivity contribution in [3.8, 4) is 28.3 Å². The van der Waals surface area contributed by atoms with Crippen LogP contribution in [0.3, 0.4) is 0 Å². The van der Waals surface area contributed by atoms with Gasteiger partial charge in [0.05, 0.1) is 6.61 Å². The monoisotopic (exact) mass is 477 g/mol. The molecule has 2 aromatic carbocycles. The Hall–Kier alpha value is -4.14. The Morgan fingerprint density at radius 1 is 1.09 bits per heavy atom. The minimum Gasteiger partial charge on any atom is -0.491 e. The molecular formula is C26H25F2N5O2. The number of carbonyl (C=O) groups excluding carboxylic acids is 1. The lowest BCUT2D eigenvalue weighted by Crippen LogP contribution is -2.21. The van der Waals surface area contributed by atoms with Gasteiger partial charge in [-0.25, -0.2) is 18.7 Å². The molecule has 35 heavy (non-hydrogen) atoms. The van der Waals surface area contributed by atoms with Gasteiger partial charge in [-0.2, -0.15) is 0 Å². The van der Waals surface area contributed by atoms with Crippen LogP contribution in [0.15, 0.2) is 54.9 Å². The minimum absolute atomic E-state index is 0.00676. The molecule has 0 saturated heterocycles. The number of nitrogens with one attached hydrogen (secondary N) is 1. The molecule has 0 aliphatic carbocycles. The van der Waals surface area contributed by atoms with E-state index in [0.717, 1.165) is 18.2 Å². The number of fused-ring (bicyclic) bond motifs is 1. The van der Waals surface area contributed by atoms with E-state index in [4.69, 9.17) is 9.72 Å². The van der Waals surface area contributed by atoms with Crippen LogP contribution in [0.1, 0.15) is 12.8 Å². The van der Waals surface area contributed by atoms with Gasteiger partial charge >= 0.3 is 0 Å². The van der Waals surface area contributed by atoms with E-state index in [1.165, 1.54) is 4.90 Å². The molecule has 0 fully saturated rings. The van der Waals surface area contributed by atoms with Gasteiger partial charge in [-0.15, -0.1) is 0 Å². The molecule has 180 valence electrons. The van der Waals surface area contributed by atoms with Crippen LogP contribution in [0.2, 0.25) is 0 Å². The Balaban J connectivity index is 1.83. The summed E-state index contributed by atoms with van der Waals surface area (Å²) in [7, 11) is 5.12. The first kappa shape index (κ1) is 24.0. The predicted molar refractivity (Wildman–Crippen MR) is 131 cm³/mol. The fourth-order valence-corrected chi connectivity index (χ4v) is 3.63. The van der Waals surface area contributed by atoms with Crippen molar-refractivity contribution in [1.29, 1.82) is 0 Å². The molecule has 7 nitrogen and oxygen atoms in total. The number of hydrogen-bond acceptors (Lipinski definition) is 6. The highest BCUT2D eigenvalue weighted by atomic mass is 19.1. The third kappa shape index (κ3) is 5.34. The van der Waals surface area contributed by atoms with Gasteiger partial charge in [-0.3, -0.25) is 9.78 Å². The quantitative estimate of drug-likeness (QED) is 0.363. The van der Waals surface area contributed by atoms with Crippen molar-refractivity contribution in [2.24, 2.45) is 0 Å². The Kier molecular flexibility index (Phi) is 7.14. The van der Waals surface area contributed by atoms with Gasteiger partial charge in [0.2, 0.25) is 5.91 Å². The van der Waals surface area contributed by atoms with E-state index in [1.54, 1.807) is 51.7 Å². The lowest BCUT2D eigenvalue weighted by Gasteiger charge is -2.16. The molecule has 9 heteroatoms. The number of rotatable bonds is 8. The molecule has 0 bridgehead atoms. The van der Waals surface area contributed by atoms with Crippen molar-refractivity contribution < 1.29 is 18.3 Å². The summed E-state index contributed by atoms with van der Waals surface area (Å²) in [6, 6.07) is 10.3. The Morgan fingerprint density at radius 3 is 2.63 bits per heavy atom. The van der Waals surface area contributed by atoms with Crippen LogP contribution in [-0.4, -0.2) is 53.5 Å². The zero-order valence-corrected chi connectivity index (χ0v) is 19.7. The number of benzene rings is 2. The third-order valence-corrected chi connectivity index (χ3v) is 5.45. The number of amides is 1. The SMILES string of the molecule is CNc1nc(-c2cccnc2)nc2c(OCCCC(=O)N(C)C)cc(-c3cc(F)ccc3F)cc12.